The molecule has 0 atom stereocenters. The summed E-state index contributed by atoms with van der Waals surface area (Å²) >= 11 is 7.67. The van der Waals surface area contributed by atoms with E-state index in [1.165, 1.54) is 17.3 Å². The molecule has 5 nitrogen and oxygen atoms in total. The number of nitrogens with zero attached hydrogens (tertiary/aromatic N) is 1. The molecule has 0 unspecified atom stereocenters. The summed E-state index contributed by atoms with van der Waals surface area (Å²) in [6.07, 6.45) is 4.37. The molecule has 30 heavy (non-hydrogen) atoms. The Hall–Kier alpha value is -2.70. The van der Waals surface area contributed by atoms with Gasteiger partial charge in [-0.05, 0) is 66.6 Å². The number of amidine groups is 1. The SMILES string of the molecule is C=CCOc1c(Cl)cc(/C=C2\SC(=Nc3ccc(CC)cc3)NC2=O)cc1OCC. The Bertz CT molecular complexity index is 1000. The normalized spacial score (nSPS) is 16.0. The highest BCUT2D eigenvalue weighted by atomic mass is 35.5. The van der Waals surface area contributed by atoms with Crippen molar-refractivity contribution in [3.8, 4) is 11.5 Å². The lowest BCUT2D eigenvalue weighted by Gasteiger charge is -2.13. The number of halogens is 1. The smallest absolute Gasteiger partial charge is 0.264 e. The maximum absolute atomic E-state index is 12.4. The van der Waals surface area contributed by atoms with Gasteiger partial charge in [0.25, 0.3) is 5.91 Å². The highest BCUT2D eigenvalue weighted by molar-refractivity contribution is 8.18. The average Bonchev–Trinajstić information content (AvgIpc) is 3.07. The number of benzene rings is 2. The van der Waals surface area contributed by atoms with Gasteiger partial charge in [-0.3, -0.25) is 4.79 Å². The summed E-state index contributed by atoms with van der Waals surface area (Å²) in [7, 11) is 0. The van der Waals surface area contributed by atoms with Gasteiger partial charge in [0.05, 0.1) is 22.2 Å². The van der Waals surface area contributed by atoms with Gasteiger partial charge in [0.1, 0.15) is 6.61 Å². The van der Waals surface area contributed by atoms with E-state index in [9.17, 15) is 4.79 Å². The fourth-order valence-corrected chi connectivity index (χ4v) is 3.89. The van der Waals surface area contributed by atoms with Crippen molar-refractivity contribution in [2.45, 2.75) is 20.3 Å². The Balaban J connectivity index is 1.84. The van der Waals surface area contributed by atoms with E-state index in [1.54, 1.807) is 24.3 Å². The molecule has 0 radical (unpaired) electrons. The molecule has 2 aromatic carbocycles. The Morgan fingerprint density at radius 2 is 1.97 bits per heavy atom. The molecule has 7 heteroatoms. The van der Waals surface area contributed by atoms with Crippen LogP contribution >= 0.6 is 23.4 Å². The van der Waals surface area contributed by atoms with E-state index in [1.807, 2.05) is 31.2 Å². The average molecular weight is 443 g/mol. The van der Waals surface area contributed by atoms with Gasteiger partial charge in [-0.2, -0.15) is 0 Å². The summed E-state index contributed by atoms with van der Waals surface area (Å²) in [6, 6.07) is 11.5. The zero-order valence-corrected chi connectivity index (χ0v) is 18.5. The number of hydrogen-bond donors (Lipinski definition) is 1. The van der Waals surface area contributed by atoms with E-state index >= 15 is 0 Å². The predicted molar refractivity (Wildman–Crippen MR) is 125 cm³/mol. The van der Waals surface area contributed by atoms with Crippen molar-refractivity contribution in [1.29, 1.82) is 0 Å². The number of amides is 1. The van der Waals surface area contributed by atoms with E-state index in [0.717, 1.165) is 17.7 Å². The van der Waals surface area contributed by atoms with Gasteiger partial charge in [0, 0.05) is 0 Å². The van der Waals surface area contributed by atoms with Crippen molar-refractivity contribution in [2.24, 2.45) is 4.99 Å². The second-order valence-corrected chi connectivity index (χ2v) is 7.80. The number of carbonyl (C=O) groups is 1. The molecule has 1 amide bonds. The zero-order chi connectivity index (χ0) is 21.5. The summed E-state index contributed by atoms with van der Waals surface area (Å²) in [5.74, 6) is 0.777. The molecule has 3 rings (SSSR count). The number of thioether (sulfide) groups is 1. The van der Waals surface area contributed by atoms with Crippen LogP contribution < -0.4 is 14.8 Å². The van der Waals surface area contributed by atoms with Crippen molar-refractivity contribution in [3.63, 3.8) is 0 Å². The first-order valence-electron chi connectivity index (χ1n) is 9.62. The minimum atomic E-state index is -0.204. The number of nitrogens with one attached hydrogen (secondary N) is 1. The molecule has 0 aromatic heterocycles. The van der Waals surface area contributed by atoms with Crippen molar-refractivity contribution < 1.29 is 14.3 Å². The standard InChI is InChI=1S/C23H23ClN2O3S/c1-4-11-29-21-18(24)12-16(13-19(21)28-6-3)14-20-22(27)26-23(30-20)25-17-9-7-15(5-2)8-10-17/h4,7-10,12-14H,1,5-6,11H2,2-3H3,(H,25,26,27)/b20-14-. The first kappa shape index (κ1) is 22.0. The molecule has 0 saturated carbocycles. The summed E-state index contributed by atoms with van der Waals surface area (Å²) in [5, 5.41) is 3.75. The predicted octanol–water partition coefficient (Wildman–Crippen LogP) is 5.76. The molecule has 1 aliphatic heterocycles. The van der Waals surface area contributed by atoms with Gasteiger partial charge in [-0.1, -0.05) is 43.3 Å². The molecule has 0 bridgehead atoms. The Morgan fingerprint density at radius 3 is 2.63 bits per heavy atom. The molecular formula is C23H23ClN2O3S. The Morgan fingerprint density at radius 1 is 1.20 bits per heavy atom. The maximum atomic E-state index is 12.4. The molecule has 0 aliphatic carbocycles. The van der Waals surface area contributed by atoms with Crippen LogP contribution in [0.1, 0.15) is 25.0 Å². The van der Waals surface area contributed by atoms with Crippen LogP contribution in [0, 0.1) is 0 Å². The third kappa shape index (κ3) is 5.46. The zero-order valence-electron chi connectivity index (χ0n) is 16.9. The van der Waals surface area contributed by atoms with Crippen molar-refractivity contribution >= 4 is 46.2 Å². The number of carbonyl (C=O) groups excluding carboxylic acids is 1. The lowest BCUT2D eigenvalue weighted by molar-refractivity contribution is -0.115. The minimum absolute atomic E-state index is 0.204. The third-order valence-electron chi connectivity index (χ3n) is 4.20. The van der Waals surface area contributed by atoms with Crippen molar-refractivity contribution in [3.05, 3.63) is 70.1 Å². The van der Waals surface area contributed by atoms with Crippen molar-refractivity contribution in [1.82, 2.24) is 5.32 Å². The summed E-state index contributed by atoms with van der Waals surface area (Å²) in [5.41, 5.74) is 2.77. The van der Waals surface area contributed by atoms with Crippen LogP contribution in [0.3, 0.4) is 0 Å². The van der Waals surface area contributed by atoms with Crippen LogP contribution in [0.5, 0.6) is 11.5 Å². The van der Waals surface area contributed by atoms with Crippen LogP contribution in [0.2, 0.25) is 5.02 Å². The third-order valence-corrected chi connectivity index (χ3v) is 5.39. The lowest BCUT2D eigenvalue weighted by atomic mass is 10.1. The molecule has 2 aromatic rings. The number of ether oxygens (including phenoxy) is 2. The van der Waals surface area contributed by atoms with Gasteiger partial charge in [-0.25, -0.2) is 4.99 Å². The molecule has 1 N–H and O–H groups in total. The van der Waals surface area contributed by atoms with Gasteiger partial charge in [0.2, 0.25) is 0 Å². The minimum Gasteiger partial charge on any atom is -0.490 e. The van der Waals surface area contributed by atoms with Crippen molar-refractivity contribution in [2.75, 3.05) is 13.2 Å². The van der Waals surface area contributed by atoms with E-state index in [4.69, 9.17) is 21.1 Å². The van der Waals surface area contributed by atoms with Crippen LogP contribution in [-0.2, 0) is 11.2 Å². The molecule has 1 saturated heterocycles. The van der Waals surface area contributed by atoms with Gasteiger partial charge >= 0.3 is 0 Å². The number of aliphatic imine (C=N–C) groups is 1. The highest BCUT2D eigenvalue weighted by Gasteiger charge is 2.24. The second-order valence-electron chi connectivity index (χ2n) is 6.36. The van der Waals surface area contributed by atoms with E-state index in [-0.39, 0.29) is 5.91 Å². The molecule has 1 aliphatic rings. The first-order chi connectivity index (χ1) is 14.5. The summed E-state index contributed by atoms with van der Waals surface area (Å²) in [6.45, 7) is 8.41. The van der Waals surface area contributed by atoms with E-state index in [0.29, 0.717) is 39.8 Å². The highest BCUT2D eigenvalue weighted by Crippen LogP contribution is 2.38. The number of hydrogen-bond acceptors (Lipinski definition) is 5. The second kappa shape index (κ2) is 10.4. The number of aryl methyl sites for hydroxylation is 1. The van der Waals surface area contributed by atoms with Gasteiger partial charge in [0.15, 0.2) is 16.7 Å². The topological polar surface area (TPSA) is 59.9 Å². The molecule has 1 heterocycles. The van der Waals surface area contributed by atoms with Gasteiger partial charge < -0.3 is 14.8 Å². The Kier molecular flexibility index (Phi) is 7.60. The van der Waals surface area contributed by atoms with Crippen LogP contribution in [0.25, 0.3) is 6.08 Å². The lowest BCUT2D eigenvalue weighted by Crippen LogP contribution is -2.19. The first-order valence-corrected chi connectivity index (χ1v) is 10.8. The number of rotatable bonds is 8. The molecule has 0 spiro atoms. The fraction of sp³-hybridized carbons (Fsp3) is 0.217. The molecule has 156 valence electrons. The summed E-state index contributed by atoms with van der Waals surface area (Å²) < 4.78 is 11.3. The maximum Gasteiger partial charge on any atom is 0.264 e. The molecule has 1 fully saturated rings. The Labute approximate surface area is 185 Å². The van der Waals surface area contributed by atoms with Crippen LogP contribution in [-0.4, -0.2) is 24.3 Å². The van der Waals surface area contributed by atoms with E-state index in [2.05, 4.69) is 23.8 Å². The van der Waals surface area contributed by atoms with Crippen LogP contribution in [0.15, 0.2) is 59.0 Å². The summed E-state index contributed by atoms with van der Waals surface area (Å²) in [4.78, 5) is 17.4. The fourth-order valence-electron chi connectivity index (χ4n) is 2.77. The van der Waals surface area contributed by atoms with E-state index < -0.39 is 0 Å². The van der Waals surface area contributed by atoms with Crippen LogP contribution in [0.4, 0.5) is 5.69 Å². The largest absolute Gasteiger partial charge is 0.490 e. The molecular weight excluding hydrogens is 420 g/mol. The quantitative estimate of drug-likeness (QED) is 0.417. The van der Waals surface area contributed by atoms with Gasteiger partial charge in [-0.15, -0.1) is 0 Å². The monoisotopic (exact) mass is 442 g/mol.